The molecule has 7 heteroatoms. The van der Waals surface area contributed by atoms with Gasteiger partial charge in [0, 0.05) is 32.7 Å². The van der Waals surface area contributed by atoms with E-state index in [1.54, 1.807) is 17.4 Å². The molecule has 2 aromatic rings. The predicted octanol–water partition coefficient (Wildman–Crippen LogP) is 3.28. The molecule has 23 heavy (non-hydrogen) atoms. The Morgan fingerprint density at radius 3 is 2.83 bits per heavy atom. The highest BCUT2D eigenvalue weighted by molar-refractivity contribution is 7.22. The van der Waals surface area contributed by atoms with Gasteiger partial charge in [0.1, 0.15) is 0 Å². The summed E-state index contributed by atoms with van der Waals surface area (Å²) in [5, 5.41) is 4.53. The summed E-state index contributed by atoms with van der Waals surface area (Å²) in [6.45, 7) is 9.07. The quantitative estimate of drug-likeness (QED) is 0.864. The fraction of sp³-hybridized carbons (Fsp3) is 0.375. The zero-order valence-corrected chi connectivity index (χ0v) is 14.6. The van der Waals surface area contributed by atoms with Crippen molar-refractivity contribution < 1.29 is 4.79 Å². The lowest BCUT2D eigenvalue weighted by Crippen LogP contribution is -2.51. The van der Waals surface area contributed by atoms with Crippen LogP contribution in [0, 0.1) is 6.92 Å². The molecule has 1 N–H and O–H groups in total. The summed E-state index contributed by atoms with van der Waals surface area (Å²) in [4.78, 5) is 20.7. The van der Waals surface area contributed by atoms with Crippen LogP contribution in [-0.2, 0) is 0 Å². The van der Waals surface area contributed by atoms with E-state index in [0.717, 1.165) is 39.0 Å². The lowest BCUT2D eigenvalue weighted by molar-refractivity contribution is 0.195. The first-order valence-electron chi connectivity index (χ1n) is 7.54. The number of rotatable bonds is 3. The molecule has 5 nitrogen and oxygen atoms in total. The van der Waals surface area contributed by atoms with E-state index in [2.05, 4.69) is 16.8 Å². The van der Waals surface area contributed by atoms with Crippen LogP contribution in [0.2, 0.25) is 5.02 Å². The third kappa shape index (κ3) is 3.28. The van der Waals surface area contributed by atoms with Crippen LogP contribution in [0.15, 0.2) is 24.8 Å². The van der Waals surface area contributed by atoms with Gasteiger partial charge in [-0.3, -0.25) is 0 Å². The van der Waals surface area contributed by atoms with Crippen molar-refractivity contribution in [3.63, 3.8) is 0 Å². The first-order chi connectivity index (χ1) is 11.1. The molecule has 2 heterocycles. The molecule has 1 saturated heterocycles. The summed E-state index contributed by atoms with van der Waals surface area (Å²) in [5.41, 5.74) is 2.11. The van der Waals surface area contributed by atoms with Gasteiger partial charge in [-0.1, -0.05) is 35.1 Å². The van der Waals surface area contributed by atoms with E-state index >= 15 is 0 Å². The molecule has 1 aromatic heterocycles. The molecule has 0 spiro atoms. The molecule has 1 aliphatic rings. The Morgan fingerprint density at radius 1 is 1.43 bits per heavy atom. The van der Waals surface area contributed by atoms with Crippen molar-refractivity contribution >= 4 is 44.3 Å². The Bertz CT molecular complexity index is 698. The second-order valence-corrected chi connectivity index (χ2v) is 6.87. The number of hydrogen-bond acceptors (Lipinski definition) is 4. The number of carbonyl (C=O) groups is 1. The fourth-order valence-electron chi connectivity index (χ4n) is 2.60. The molecule has 0 aliphatic carbocycles. The first-order valence-corrected chi connectivity index (χ1v) is 8.74. The van der Waals surface area contributed by atoms with Gasteiger partial charge >= 0.3 is 6.03 Å². The average Bonchev–Trinajstić information content (AvgIpc) is 3.03. The zero-order valence-electron chi connectivity index (χ0n) is 13.0. The lowest BCUT2D eigenvalue weighted by Gasteiger charge is -2.34. The number of benzene rings is 1. The number of nitrogens with zero attached hydrogens (tertiary/aromatic N) is 3. The van der Waals surface area contributed by atoms with Crippen molar-refractivity contribution in [3.8, 4) is 0 Å². The number of aryl methyl sites for hydroxylation is 1. The van der Waals surface area contributed by atoms with Gasteiger partial charge in [-0.25, -0.2) is 9.78 Å². The summed E-state index contributed by atoms with van der Waals surface area (Å²) in [6, 6.07) is 3.88. The molecule has 2 amide bonds. The minimum atomic E-state index is -0.0345. The third-order valence-corrected chi connectivity index (χ3v) is 5.50. The predicted molar refractivity (Wildman–Crippen MR) is 96.7 cm³/mol. The molecule has 0 unspecified atom stereocenters. The number of aromatic nitrogens is 1. The number of urea groups is 1. The molecular weight excluding hydrogens is 332 g/mol. The van der Waals surface area contributed by atoms with Gasteiger partial charge in [0.25, 0.3) is 0 Å². The van der Waals surface area contributed by atoms with Crippen LogP contribution in [0.25, 0.3) is 10.2 Å². The first kappa shape index (κ1) is 16.1. The highest BCUT2D eigenvalue weighted by atomic mass is 35.5. The number of hydrogen-bond donors (Lipinski definition) is 1. The molecular formula is C16H19ClN4OS. The lowest BCUT2D eigenvalue weighted by atomic mass is 10.2. The maximum Gasteiger partial charge on any atom is 0.317 e. The highest BCUT2D eigenvalue weighted by Crippen LogP contribution is 2.35. The fourth-order valence-corrected chi connectivity index (χ4v) is 3.97. The molecule has 3 rings (SSSR count). The molecule has 0 radical (unpaired) electrons. The Kier molecular flexibility index (Phi) is 4.73. The van der Waals surface area contributed by atoms with Gasteiger partial charge in [-0.15, -0.1) is 6.58 Å². The molecule has 1 aromatic carbocycles. The summed E-state index contributed by atoms with van der Waals surface area (Å²) < 4.78 is 1.04. The van der Waals surface area contributed by atoms with E-state index in [0.29, 0.717) is 19.6 Å². The standard InChI is InChI=1S/C16H19ClN4OS/c1-3-6-18-15(22)20-7-9-21(10-8-20)16-19-13-11(2)4-5-12(17)14(13)23-16/h3-5H,1,6-10H2,2H3,(H,18,22). The average molecular weight is 351 g/mol. The van der Waals surface area contributed by atoms with Crippen LogP contribution in [0.1, 0.15) is 5.56 Å². The largest absolute Gasteiger partial charge is 0.345 e. The van der Waals surface area contributed by atoms with Crippen molar-refractivity contribution in [2.24, 2.45) is 0 Å². The van der Waals surface area contributed by atoms with Crippen LogP contribution in [0.5, 0.6) is 0 Å². The van der Waals surface area contributed by atoms with Gasteiger partial charge in [0.15, 0.2) is 5.13 Å². The van der Waals surface area contributed by atoms with E-state index in [9.17, 15) is 4.79 Å². The number of fused-ring (bicyclic) bond motifs is 1. The van der Waals surface area contributed by atoms with E-state index in [1.807, 2.05) is 24.0 Å². The maximum absolute atomic E-state index is 11.9. The third-order valence-electron chi connectivity index (χ3n) is 3.92. The van der Waals surface area contributed by atoms with Gasteiger partial charge in [0.05, 0.1) is 15.2 Å². The van der Waals surface area contributed by atoms with E-state index < -0.39 is 0 Å². The molecule has 0 saturated carbocycles. The van der Waals surface area contributed by atoms with Gasteiger partial charge in [0.2, 0.25) is 0 Å². The van der Waals surface area contributed by atoms with E-state index in [-0.39, 0.29) is 6.03 Å². The van der Waals surface area contributed by atoms with Crippen molar-refractivity contribution in [3.05, 3.63) is 35.4 Å². The number of carbonyl (C=O) groups excluding carboxylic acids is 1. The number of thiazole rings is 1. The maximum atomic E-state index is 11.9. The highest BCUT2D eigenvalue weighted by Gasteiger charge is 2.23. The molecule has 0 bridgehead atoms. The number of nitrogens with one attached hydrogen (secondary N) is 1. The van der Waals surface area contributed by atoms with E-state index in [4.69, 9.17) is 16.6 Å². The van der Waals surface area contributed by atoms with Gasteiger partial charge < -0.3 is 15.1 Å². The number of piperazine rings is 1. The number of halogens is 1. The SMILES string of the molecule is C=CCNC(=O)N1CCN(c2nc3c(C)ccc(Cl)c3s2)CC1. The zero-order chi connectivity index (χ0) is 16.4. The van der Waals surface area contributed by atoms with Crippen LogP contribution in [0.3, 0.4) is 0 Å². The summed E-state index contributed by atoms with van der Waals surface area (Å²) >= 11 is 7.90. The minimum absolute atomic E-state index is 0.0345. The smallest absolute Gasteiger partial charge is 0.317 e. The van der Waals surface area contributed by atoms with Crippen LogP contribution < -0.4 is 10.2 Å². The normalized spacial score (nSPS) is 15.0. The minimum Gasteiger partial charge on any atom is -0.345 e. The summed E-state index contributed by atoms with van der Waals surface area (Å²) in [6.07, 6.45) is 1.68. The molecule has 122 valence electrons. The van der Waals surface area contributed by atoms with Crippen LogP contribution >= 0.6 is 22.9 Å². The van der Waals surface area contributed by atoms with Crippen molar-refractivity contribution in [2.45, 2.75) is 6.92 Å². The van der Waals surface area contributed by atoms with Crippen LogP contribution in [-0.4, -0.2) is 48.6 Å². The monoisotopic (exact) mass is 350 g/mol. The summed E-state index contributed by atoms with van der Waals surface area (Å²) in [5.74, 6) is 0. The van der Waals surface area contributed by atoms with Gasteiger partial charge in [-0.05, 0) is 18.6 Å². The number of amides is 2. The van der Waals surface area contributed by atoms with Gasteiger partial charge in [-0.2, -0.15) is 0 Å². The molecule has 1 aliphatic heterocycles. The topological polar surface area (TPSA) is 48.5 Å². The second kappa shape index (κ2) is 6.76. The van der Waals surface area contributed by atoms with Crippen LogP contribution in [0.4, 0.5) is 9.93 Å². The summed E-state index contributed by atoms with van der Waals surface area (Å²) in [7, 11) is 0. The van der Waals surface area contributed by atoms with E-state index in [1.165, 1.54) is 0 Å². The Hall–Kier alpha value is -1.79. The van der Waals surface area contributed by atoms with Crippen molar-refractivity contribution in [1.82, 2.24) is 15.2 Å². The second-order valence-electron chi connectivity index (χ2n) is 5.49. The Labute approximate surface area is 144 Å². The van der Waals surface area contributed by atoms with Crippen molar-refractivity contribution in [1.29, 1.82) is 0 Å². The Balaban J connectivity index is 1.70. The molecule has 0 atom stereocenters. The number of anilines is 1. The Morgan fingerprint density at radius 2 is 2.17 bits per heavy atom. The van der Waals surface area contributed by atoms with Crippen molar-refractivity contribution in [2.75, 3.05) is 37.6 Å². The molecule has 1 fully saturated rings.